The quantitative estimate of drug-likeness (QED) is 0.631. The molecule has 7 nitrogen and oxygen atoms in total. The van der Waals surface area contributed by atoms with Crippen LogP contribution < -0.4 is 10.1 Å². The van der Waals surface area contributed by atoms with E-state index in [4.69, 9.17) is 9.47 Å². The number of hydrogen-bond donors (Lipinski definition) is 2. The van der Waals surface area contributed by atoms with E-state index >= 15 is 0 Å². The zero-order valence-corrected chi connectivity index (χ0v) is 17.2. The van der Waals surface area contributed by atoms with Crippen LogP contribution in [0.5, 0.6) is 5.88 Å². The summed E-state index contributed by atoms with van der Waals surface area (Å²) in [5.74, 6) is -0.418. The highest BCUT2D eigenvalue weighted by Gasteiger charge is 2.26. The second-order valence-corrected chi connectivity index (χ2v) is 7.43. The average Bonchev–Trinajstić information content (AvgIpc) is 2.77. The Bertz CT molecular complexity index is 1070. The summed E-state index contributed by atoms with van der Waals surface area (Å²) in [4.78, 5) is 21.4. The van der Waals surface area contributed by atoms with Gasteiger partial charge in [-0.25, -0.2) is 14.4 Å². The molecule has 1 fully saturated rings. The van der Waals surface area contributed by atoms with Crippen LogP contribution >= 0.6 is 0 Å². The highest BCUT2D eigenvalue weighted by Crippen LogP contribution is 2.24. The number of aliphatic hydroxyl groups excluding tert-OH is 1. The predicted octanol–water partition coefficient (Wildman–Crippen LogP) is 2.64. The van der Waals surface area contributed by atoms with Crippen LogP contribution in [-0.4, -0.2) is 52.9 Å². The van der Waals surface area contributed by atoms with E-state index in [2.05, 4.69) is 15.3 Å². The lowest BCUT2D eigenvalue weighted by Crippen LogP contribution is -2.48. The summed E-state index contributed by atoms with van der Waals surface area (Å²) < 4.78 is 25.1. The van der Waals surface area contributed by atoms with Gasteiger partial charge in [-0.05, 0) is 43.0 Å². The van der Waals surface area contributed by atoms with Crippen LogP contribution in [0.2, 0.25) is 0 Å². The molecule has 0 bridgehead atoms. The molecule has 3 aromatic rings. The fourth-order valence-corrected chi connectivity index (χ4v) is 3.65. The summed E-state index contributed by atoms with van der Waals surface area (Å²) in [7, 11) is 0. The summed E-state index contributed by atoms with van der Waals surface area (Å²) in [6, 6.07) is 9.63. The van der Waals surface area contributed by atoms with Crippen molar-refractivity contribution in [3.8, 4) is 5.88 Å². The molecule has 1 aromatic carbocycles. The van der Waals surface area contributed by atoms with Gasteiger partial charge in [0.15, 0.2) is 0 Å². The van der Waals surface area contributed by atoms with E-state index in [0.29, 0.717) is 37.3 Å². The van der Waals surface area contributed by atoms with Crippen molar-refractivity contribution in [3.63, 3.8) is 0 Å². The molecular formula is C23H24FN3O4. The lowest BCUT2D eigenvalue weighted by molar-refractivity contribution is -0.0261. The van der Waals surface area contributed by atoms with E-state index in [9.17, 15) is 14.3 Å². The Balaban J connectivity index is 1.65. The zero-order chi connectivity index (χ0) is 21.8. The Morgan fingerprint density at radius 2 is 2.23 bits per heavy atom. The van der Waals surface area contributed by atoms with Crippen LogP contribution in [0, 0.1) is 5.82 Å². The monoisotopic (exact) mass is 425 g/mol. The van der Waals surface area contributed by atoms with Crippen molar-refractivity contribution in [3.05, 3.63) is 65.2 Å². The number of nitrogens with zero attached hydrogens (tertiary/aromatic N) is 2. The van der Waals surface area contributed by atoms with Gasteiger partial charge in [-0.15, -0.1) is 0 Å². The second kappa shape index (κ2) is 9.36. The first-order valence-corrected chi connectivity index (χ1v) is 10.3. The van der Waals surface area contributed by atoms with Crippen LogP contribution in [0.4, 0.5) is 4.39 Å². The predicted molar refractivity (Wildman–Crippen MR) is 113 cm³/mol. The third-order valence-corrected chi connectivity index (χ3v) is 5.24. The first kappa shape index (κ1) is 21.1. The maximum Gasteiger partial charge on any atom is 0.270 e. The maximum absolute atomic E-state index is 14.5. The molecule has 2 N–H and O–H groups in total. The van der Waals surface area contributed by atoms with E-state index in [1.807, 2.05) is 13.0 Å². The molecule has 1 amide bonds. The van der Waals surface area contributed by atoms with E-state index in [0.717, 1.165) is 11.1 Å². The lowest BCUT2D eigenvalue weighted by atomic mass is 10.00. The molecule has 4 rings (SSSR count). The van der Waals surface area contributed by atoms with E-state index in [-0.39, 0.29) is 17.8 Å². The summed E-state index contributed by atoms with van der Waals surface area (Å²) in [5, 5.41) is 13.5. The van der Waals surface area contributed by atoms with E-state index < -0.39 is 23.9 Å². The van der Waals surface area contributed by atoms with Crippen LogP contribution in [-0.2, 0) is 11.2 Å². The van der Waals surface area contributed by atoms with Crippen LogP contribution in [0.1, 0.15) is 35.0 Å². The van der Waals surface area contributed by atoms with Crippen molar-refractivity contribution < 1.29 is 23.8 Å². The minimum absolute atomic E-state index is 0.102. The number of amides is 1. The standard InChI is InChI=1S/C23H24FN3O4/c1-2-31-21-7-6-14(12-25-21)10-15-11-19(26-22-16(15)4-3-5-17(22)24)23(29)27-18-8-9-30-13-20(18)28/h3-7,11-12,18,20,28H,2,8-10,13H2,1H3,(H,27,29)/t18-,20-/m0/s1. The summed E-state index contributed by atoms with van der Waals surface area (Å²) in [5.41, 5.74) is 1.89. The molecule has 0 saturated carbocycles. The van der Waals surface area contributed by atoms with Gasteiger partial charge in [0.25, 0.3) is 5.91 Å². The summed E-state index contributed by atoms with van der Waals surface area (Å²) >= 11 is 0. The van der Waals surface area contributed by atoms with E-state index in [1.54, 1.807) is 30.5 Å². The van der Waals surface area contributed by atoms with Crippen molar-refractivity contribution in [1.29, 1.82) is 0 Å². The smallest absolute Gasteiger partial charge is 0.270 e. The first-order valence-electron chi connectivity index (χ1n) is 10.3. The molecule has 8 heteroatoms. The van der Waals surface area contributed by atoms with Gasteiger partial charge in [-0.2, -0.15) is 0 Å². The van der Waals surface area contributed by atoms with Crippen LogP contribution in [0.3, 0.4) is 0 Å². The molecule has 2 atom stereocenters. The number of carbonyl (C=O) groups excluding carboxylic acids is 1. The van der Waals surface area contributed by atoms with Gasteiger partial charge in [-0.1, -0.05) is 18.2 Å². The van der Waals surface area contributed by atoms with Gasteiger partial charge in [-0.3, -0.25) is 4.79 Å². The Hall–Kier alpha value is -3.10. The van der Waals surface area contributed by atoms with Gasteiger partial charge in [0.1, 0.15) is 17.0 Å². The summed E-state index contributed by atoms with van der Waals surface area (Å²) in [6.07, 6.45) is 1.86. The molecular weight excluding hydrogens is 401 g/mol. The normalized spacial score (nSPS) is 18.7. The SMILES string of the molecule is CCOc1ccc(Cc2cc(C(=O)N[C@H]3CCOC[C@@H]3O)nc3c(F)cccc23)cn1. The fourth-order valence-electron chi connectivity index (χ4n) is 3.65. The molecule has 162 valence electrons. The minimum atomic E-state index is -0.788. The number of ether oxygens (including phenoxy) is 2. The number of aliphatic hydroxyl groups is 1. The van der Waals surface area contributed by atoms with Gasteiger partial charge in [0.2, 0.25) is 5.88 Å². The van der Waals surface area contributed by atoms with E-state index in [1.165, 1.54) is 6.07 Å². The maximum atomic E-state index is 14.5. The molecule has 1 saturated heterocycles. The van der Waals surface area contributed by atoms with Gasteiger partial charge >= 0.3 is 0 Å². The Morgan fingerprint density at radius 3 is 2.97 bits per heavy atom. The van der Waals surface area contributed by atoms with Crippen molar-refractivity contribution in [2.75, 3.05) is 19.8 Å². The zero-order valence-electron chi connectivity index (χ0n) is 17.2. The molecule has 31 heavy (non-hydrogen) atoms. The first-order chi connectivity index (χ1) is 15.0. The third kappa shape index (κ3) is 4.81. The van der Waals surface area contributed by atoms with Crippen molar-refractivity contribution in [1.82, 2.24) is 15.3 Å². The number of benzene rings is 1. The largest absolute Gasteiger partial charge is 0.478 e. The molecule has 1 aliphatic heterocycles. The Morgan fingerprint density at radius 1 is 1.35 bits per heavy atom. The van der Waals surface area contributed by atoms with Crippen molar-refractivity contribution in [2.24, 2.45) is 0 Å². The van der Waals surface area contributed by atoms with Crippen LogP contribution in [0.15, 0.2) is 42.6 Å². The molecule has 0 unspecified atom stereocenters. The van der Waals surface area contributed by atoms with Crippen molar-refractivity contribution >= 4 is 16.8 Å². The van der Waals surface area contributed by atoms with Gasteiger partial charge in [0.05, 0.1) is 25.4 Å². The number of rotatable bonds is 6. The third-order valence-electron chi connectivity index (χ3n) is 5.24. The number of pyridine rings is 2. The highest BCUT2D eigenvalue weighted by atomic mass is 19.1. The Kier molecular flexibility index (Phi) is 6.39. The molecule has 1 aliphatic rings. The van der Waals surface area contributed by atoms with Gasteiger partial charge < -0.3 is 19.9 Å². The number of para-hydroxylation sites is 1. The molecule has 3 heterocycles. The van der Waals surface area contributed by atoms with Crippen molar-refractivity contribution in [2.45, 2.75) is 31.9 Å². The molecule has 0 spiro atoms. The minimum Gasteiger partial charge on any atom is -0.478 e. The average molecular weight is 425 g/mol. The molecule has 0 aliphatic carbocycles. The number of fused-ring (bicyclic) bond motifs is 1. The number of nitrogens with one attached hydrogen (secondary N) is 1. The second-order valence-electron chi connectivity index (χ2n) is 7.43. The molecule has 0 radical (unpaired) electrons. The number of aromatic nitrogens is 2. The highest BCUT2D eigenvalue weighted by molar-refractivity contribution is 5.96. The molecule has 2 aromatic heterocycles. The Labute approximate surface area is 179 Å². The lowest BCUT2D eigenvalue weighted by Gasteiger charge is -2.28. The number of carbonyl (C=O) groups is 1. The van der Waals surface area contributed by atoms with Gasteiger partial charge in [0, 0.05) is 24.3 Å². The summed E-state index contributed by atoms with van der Waals surface area (Å²) in [6.45, 7) is 3.04. The topological polar surface area (TPSA) is 93.6 Å². The number of halogens is 1. The fraction of sp³-hybridized carbons (Fsp3) is 0.348. The van der Waals surface area contributed by atoms with Crippen LogP contribution in [0.25, 0.3) is 10.9 Å². The number of hydrogen-bond acceptors (Lipinski definition) is 6.